The standard InChI is InChI=1S/C18H25NO/c1-4-6-13-19(5-2)14(3)16-12-11-15-9-7-8-10-17(15)18(16)20/h7-12,14,20H,4-6,13H2,1-3H3. The maximum absolute atomic E-state index is 10.6. The molecule has 0 heterocycles. The molecular weight excluding hydrogens is 246 g/mol. The number of unbranched alkanes of at least 4 members (excludes halogenated alkanes) is 1. The number of aromatic hydroxyl groups is 1. The molecule has 0 saturated carbocycles. The Labute approximate surface area is 122 Å². The first-order valence-electron chi connectivity index (χ1n) is 7.63. The second kappa shape index (κ2) is 6.76. The van der Waals surface area contributed by atoms with Gasteiger partial charge in [0.2, 0.25) is 0 Å². The Balaban J connectivity index is 2.33. The molecule has 108 valence electrons. The van der Waals surface area contributed by atoms with Crippen LogP contribution in [0.5, 0.6) is 5.75 Å². The molecule has 0 aliphatic carbocycles. The van der Waals surface area contributed by atoms with Gasteiger partial charge in [0.15, 0.2) is 0 Å². The molecule has 1 atom stereocenters. The van der Waals surface area contributed by atoms with E-state index in [9.17, 15) is 5.11 Å². The molecule has 2 rings (SSSR count). The van der Waals surface area contributed by atoms with E-state index in [0.717, 1.165) is 29.4 Å². The minimum absolute atomic E-state index is 0.246. The van der Waals surface area contributed by atoms with Crippen molar-refractivity contribution in [1.82, 2.24) is 4.90 Å². The maximum atomic E-state index is 10.6. The SMILES string of the molecule is CCCCN(CC)C(C)c1ccc2ccccc2c1O. The Morgan fingerprint density at radius 1 is 1.10 bits per heavy atom. The van der Waals surface area contributed by atoms with Crippen LogP contribution < -0.4 is 0 Å². The second-order valence-electron chi connectivity index (χ2n) is 5.38. The Kier molecular flexibility index (Phi) is 5.02. The third-order valence-electron chi connectivity index (χ3n) is 4.13. The molecule has 2 heteroatoms. The lowest BCUT2D eigenvalue weighted by molar-refractivity contribution is 0.215. The molecule has 0 spiro atoms. The van der Waals surface area contributed by atoms with Gasteiger partial charge in [0.05, 0.1) is 0 Å². The number of nitrogens with zero attached hydrogens (tertiary/aromatic N) is 1. The highest BCUT2D eigenvalue weighted by Crippen LogP contribution is 2.34. The topological polar surface area (TPSA) is 23.5 Å². The Morgan fingerprint density at radius 3 is 2.55 bits per heavy atom. The fourth-order valence-electron chi connectivity index (χ4n) is 2.79. The van der Waals surface area contributed by atoms with Gasteiger partial charge in [0, 0.05) is 17.0 Å². The van der Waals surface area contributed by atoms with Crippen LogP contribution >= 0.6 is 0 Å². The number of hydrogen-bond donors (Lipinski definition) is 1. The summed E-state index contributed by atoms with van der Waals surface area (Å²) >= 11 is 0. The summed E-state index contributed by atoms with van der Waals surface area (Å²) in [5.41, 5.74) is 1.03. The predicted octanol–water partition coefficient (Wildman–Crippen LogP) is 4.73. The molecule has 1 unspecified atom stereocenters. The summed E-state index contributed by atoms with van der Waals surface area (Å²) in [6.45, 7) is 8.67. The van der Waals surface area contributed by atoms with E-state index >= 15 is 0 Å². The summed E-state index contributed by atoms with van der Waals surface area (Å²) in [6, 6.07) is 12.4. The van der Waals surface area contributed by atoms with Crippen LogP contribution in [0.3, 0.4) is 0 Å². The van der Waals surface area contributed by atoms with Crippen LogP contribution in [0.2, 0.25) is 0 Å². The largest absolute Gasteiger partial charge is 0.507 e. The van der Waals surface area contributed by atoms with Gasteiger partial charge in [-0.3, -0.25) is 4.90 Å². The van der Waals surface area contributed by atoms with E-state index in [-0.39, 0.29) is 6.04 Å². The van der Waals surface area contributed by atoms with Crippen LogP contribution in [-0.2, 0) is 0 Å². The number of benzene rings is 2. The highest BCUT2D eigenvalue weighted by molar-refractivity contribution is 5.89. The fraction of sp³-hybridized carbons (Fsp3) is 0.444. The molecular formula is C18H25NO. The number of phenols is 1. The van der Waals surface area contributed by atoms with Crippen LogP contribution in [0.1, 0.15) is 45.2 Å². The lowest BCUT2D eigenvalue weighted by atomic mass is 10.00. The first-order valence-corrected chi connectivity index (χ1v) is 7.63. The van der Waals surface area contributed by atoms with Gasteiger partial charge in [-0.1, -0.05) is 56.7 Å². The van der Waals surface area contributed by atoms with Crippen molar-refractivity contribution in [3.63, 3.8) is 0 Å². The summed E-state index contributed by atoms with van der Waals surface area (Å²) < 4.78 is 0. The molecule has 1 N–H and O–H groups in total. The molecule has 2 aromatic carbocycles. The third-order valence-corrected chi connectivity index (χ3v) is 4.13. The summed E-state index contributed by atoms with van der Waals surface area (Å²) in [5, 5.41) is 12.6. The van der Waals surface area contributed by atoms with Crippen LogP contribution in [0.25, 0.3) is 10.8 Å². The number of phenolic OH excluding ortho intramolecular Hbond substituents is 1. The van der Waals surface area contributed by atoms with E-state index in [1.54, 1.807) is 0 Å². The highest BCUT2D eigenvalue weighted by atomic mass is 16.3. The summed E-state index contributed by atoms with van der Waals surface area (Å²) in [6.07, 6.45) is 2.40. The maximum Gasteiger partial charge on any atom is 0.128 e. The van der Waals surface area contributed by atoms with Gasteiger partial charge in [-0.25, -0.2) is 0 Å². The van der Waals surface area contributed by atoms with Crippen molar-refractivity contribution in [3.05, 3.63) is 42.0 Å². The summed E-state index contributed by atoms with van der Waals surface area (Å²) in [4.78, 5) is 2.42. The van der Waals surface area contributed by atoms with Crippen LogP contribution in [0.4, 0.5) is 0 Å². The molecule has 0 aromatic heterocycles. The van der Waals surface area contributed by atoms with E-state index in [1.165, 1.54) is 12.8 Å². The molecule has 2 aromatic rings. The molecule has 2 nitrogen and oxygen atoms in total. The molecule has 0 amide bonds. The molecule has 0 aliphatic rings. The van der Waals surface area contributed by atoms with Gasteiger partial charge in [0.1, 0.15) is 5.75 Å². The van der Waals surface area contributed by atoms with Crippen molar-refractivity contribution in [1.29, 1.82) is 0 Å². The van der Waals surface area contributed by atoms with E-state index in [4.69, 9.17) is 0 Å². The van der Waals surface area contributed by atoms with E-state index in [0.29, 0.717) is 5.75 Å². The molecule has 0 bridgehead atoms. The smallest absolute Gasteiger partial charge is 0.128 e. The van der Waals surface area contributed by atoms with Crippen molar-refractivity contribution >= 4 is 10.8 Å². The van der Waals surface area contributed by atoms with Crippen LogP contribution in [-0.4, -0.2) is 23.1 Å². The normalized spacial score (nSPS) is 13.0. The Bertz CT molecular complexity index is 564. The zero-order valence-electron chi connectivity index (χ0n) is 12.8. The average molecular weight is 271 g/mol. The van der Waals surface area contributed by atoms with Crippen molar-refractivity contribution in [2.24, 2.45) is 0 Å². The second-order valence-corrected chi connectivity index (χ2v) is 5.38. The number of fused-ring (bicyclic) bond motifs is 1. The predicted molar refractivity (Wildman–Crippen MR) is 86.2 cm³/mol. The van der Waals surface area contributed by atoms with Crippen LogP contribution in [0, 0.1) is 0 Å². The van der Waals surface area contributed by atoms with Crippen molar-refractivity contribution in [2.75, 3.05) is 13.1 Å². The summed E-state index contributed by atoms with van der Waals surface area (Å²) in [7, 11) is 0. The average Bonchev–Trinajstić information content (AvgIpc) is 2.48. The fourth-order valence-corrected chi connectivity index (χ4v) is 2.79. The quantitative estimate of drug-likeness (QED) is 0.821. The van der Waals surface area contributed by atoms with Crippen molar-refractivity contribution < 1.29 is 5.11 Å². The first kappa shape index (κ1) is 14.9. The third kappa shape index (κ3) is 2.96. The molecule has 20 heavy (non-hydrogen) atoms. The van der Waals surface area contributed by atoms with Gasteiger partial charge < -0.3 is 5.11 Å². The monoisotopic (exact) mass is 271 g/mol. The van der Waals surface area contributed by atoms with Crippen molar-refractivity contribution in [3.8, 4) is 5.75 Å². The van der Waals surface area contributed by atoms with Gasteiger partial charge in [-0.05, 0) is 31.8 Å². The lowest BCUT2D eigenvalue weighted by Gasteiger charge is -2.28. The van der Waals surface area contributed by atoms with Crippen molar-refractivity contribution in [2.45, 2.75) is 39.7 Å². The lowest BCUT2D eigenvalue weighted by Crippen LogP contribution is -2.27. The van der Waals surface area contributed by atoms with E-state index < -0.39 is 0 Å². The molecule has 0 fully saturated rings. The highest BCUT2D eigenvalue weighted by Gasteiger charge is 2.18. The van der Waals surface area contributed by atoms with E-state index in [2.05, 4.69) is 37.8 Å². The molecule has 0 saturated heterocycles. The summed E-state index contributed by atoms with van der Waals surface area (Å²) in [5.74, 6) is 0.436. The molecule has 0 aliphatic heterocycles. The first-order chi connectivity index (χ1) is 9.69. The van der Waals surface area contributed by atoms with Gasteiger partial charge in [0.25, 0.3) is 0 Å². The Hall–Kier alpha value is -1.54. The Morgan fingerprint density at radius 2 is 1.85 bits per heavy atom. The number of hydrogen-bond acceptors (Lipinski definition) is 2. The molecule has 0 radical (unpaired) electrons. The van der Waals surface area contributed by atoms with Gasteiger partial charge >= 0.3 is 0 Å². The minimum Gasteiger partial charge on any atom is -0.507 e. The zero-order valence-corrected chi connectivity index (χ0v) is 12.8. The van der Waals surface area contributed by atoms with E-state index in [1.807, 2.05) is 24.3 Å². The number of rotatable bonds is 6. The zero-order chi connectivity index (χ0) is 14.5. The van der Waals surface area contributed by atoms with Gasteiger partial charge in [-0.2, -0.15) is 0 Å². The van der Waals surface area contributed by atoms with Crippen LogP contribution in [0.15, 0.2) is 36.4 Å². The minimum atomic E-state index is 0.246. The van der Waals surface area contributed by atoms with Gasteiger partial charge in [-0.15, -0.1) is 0 Å².